The molecular formula is C14H18BrFN2S. The smallest absolute Gasteiger partial charge is 0.161 e. The first-order valence-corrected chi connectivity index (χ1v) is 7.71. The summed E-state index contributed by atoms with van der Waals surface area (Å²) >= 11 is 8.10. The number of nitrogens with two attached hydrogens (primary N) is 1. The van der Waals surface area contributed by atoms with E-state index >= 15 is 0 Å². The molecule has 0 radical (unpaired) electrons. The Hall–Kier alpha value is -0.680. The Morgan fingerprint density at radius 1 is 1.53 bits per heavy atom. The standard InChI is InChI=1S/C14H18BrFN2S/c1-2-14(6-3-7-14)8-18-10-5-4-9(13(17)19)11(15)12(10)16/h4-5,18H,2-3,6-8H2,1H3,(H2,17,19). The van der Waals surface area contributed by atoms with Gasteiger partial charge in [-0.1, -0.05) is 25.6 Å². The minimum absolute atomic E-state index is 0.196. The number of anilines is 1. The van der Waals surface area contributed by atoms with Crippen molar-refractivity contribution in [1.82, 2.24) is 0 Å². The third kappa shape index (κ3) is 2.92. The molecule has 1 saturated carbocycles. The van der Waals surface area contributed by atoms with Crippen LogP contribution in [0.25, 0.3) is 0 Å². The molecule has 1 aromatic carbocycles. The van der Waals surface area contributed by atoms with E-state index in [9.17, 15) is 4.39 Å². The van der Waals surface area contributed by atoms with Gasteiger partial charge in [0.15, 0.2) is 5.82 Å². The molecule has 104 valence electrons. The molecule has 5 heteroatoms. The van der Waals surface area contributed by atoms with Crippen LogP contribution in [-0.2, 0) is 0 Å². The van der Waals surface area contributed by atoms with E-state index in [1.54, 1.807) is 12.1 Å². The summed E-state index contributed by atoms with van der Waals surface area (Å²) in [6.45, 7) is 3.02. The molecule has 3 N–H and O–H groups in total. The largest absolute Gasteiger partial charge is 0.389 e. The lowest BCUT2D eigenvalue weighted by Crippen LogP contribution is -2.36. The zero-order valence-corrected chi connectivity index (χ0v) is 13.3. The summed E-state index contributed by atoms with van der Waals surface area (Å²) in [7, 11) is 0. The summed E-state index contributed by atoms with van der Waals surface area (Å²) in [5.74, 6) is -0.323. The molecule has 0 atom stereocenters. The molecule has 1 aromatic rings. The molecule has 2 rings (SSSR count). The summed E-state index contributed by atoms with van der Waals surface area (Å²) in [5.41, 5.74) is 6.93. The highest BCUT2D eigenvalue weighted by Crippen LogP contribution is 2.44. The molecule has 2 nitrogen and oxygen atoms in total. The highest BCUT2D eigenvalue weighted by molar-refractivity contribution is 9.10. The average molecular weight is 345 g/mol. The maximum atomic E-state index is 14.2. The van der Waals surface area contributed by atoms with E-state index < -0.39 is 0 Å². The average Bonchev–Trinajstić information content (AvgIpc) is 2.33. The van der Waals surface area contributed by atoms with Crippen molar-refractivity contribution >= 4 is 38.8 Å². The Morgan fingerprint density at radius 2 is 2.21 bits per heavy atom. The predicted molar refractivity (Wildman–Crippen MR) is 85.1 cm³/mol. The Bertz CT molecular complexity index is 495. The predicted octanol–water partition coefficient (Wildman–Crippen LogP) is 4.21. The SMILES string of the molecule is CCC1(CNc2ccc(C(N)=S)c(Br)c2F)CCC1. The van der Waals surface area contributed by atoms with Crippen LogP contribution in [0.1, 0.15) is 38.2 Å². The lowest BCUT2D eigenvalue weighted by Gasteiger charge is -2.41. The zero-order chi connectivity index (χ0) is 14.0. The van der Waals surface area contributed by atoms with E-state index in [1.165, 1.54) is 19.3 Å². The van der Waals surface area contributed by atoms with E-state index in [0.717, 1.165) is 13.0 Å². The van der Waals surface area contributed by atoms with E-state index in [1.807, 2.05) is 0 Å². The second-order valence-electron chi connectivity index (χ2n) is 5.21. The molecule has 0 aromatic heterocycles. The number of hydrogen-bond donors (Lipinski definition) is 2. The van der Waals surface area contributed by atoms with Gasteiger partial charge in [0.1, 0.15) is 4.99 Å². The van der Waals surface area contributed by atoms with Crippen LogP contribution in [0.15, 0.2) is 16.6 Å². The third-order valence-electron chi connectivity index (χ3n) is 4.17. The first-order chi connectivity index (χ1) is 8.99. The van der Waals surface area contributed by atoms with Crippen molar-refractivity contribution in [3.05, 3.63) is 28.0 Å². The van der Waals surface area contributed by atoms with Crippen LogP contribution < -0.4 is 11.1 Å². The van der Waals surface area contributed by atoms with Crippen LogP contribution >= 0.6 is 28.1 Å². The molecule has 0 amide bonds. The molecule has 19 heavy (non-hydrogen) atoms. The molecule has 0 unspecified atom stereocenters. The van der Waals surface area contributed by atoms with E-state index in [-0.39, 0.29) is 10.8 Å². The van der Waals surface area contributed by atoms with Gasteiger partial charge in [-0.3, -0.25) is 0 Å². The molecule has 0 saturated heterocycles. The number of halogens is 2. The fourth-order valence-corrected chi connectivity index (χ4v) is 3.35. The number of rotatable bonds is 5. The quantitative estimate of drug-likeness (QED) is 0.785. The van der Waals surface area contributed by atoms with Gasteiger partial charge >= 0.3 is 0 Å². The van der Waals surface area contributed by atoms with Crippen LogP contribution in [-0.4, -0.2) is 11.5 Å². The maximum Gasteiger partial charge on any atom is 0.161 e. The third-order valence-corrected chi connectivity index (χ3v) is 5.16. The normalized spacial score (nSPS) is 16.8. The second-order valence-corrected chi connectivity index (χ2v) is 6.45. The Labute approximate surface area is 127 Å². The highest BCUT2D eigenvalue weighted by atomic mass is 79.9. The molecule has 1 aliphatic rings. The van der Waals surface area contributed by atoms with Crippen molar-refractivity contribution in [2.75, 3.05) is 11.9 Å². The maximum absolute atomic E-state index is 14.2. The Kier molecular flexibility index (Phi) is 4.46. The van der Waals surface area contributed by atoms with Crippen molar-refractivity contribution < 1.29 is 4.39 Å². The number of benzene rings is 1. The van der Waals surface area contributed by atoms with Gasteiger partial charge in [-0.05, 0) is 52.7 Å². The van der Waals surface area contributed by atoms with Gasteiger partial charge in [0, 0.05) is 12.1 Å². The van der Waals surface area contributed by atoms with Gasteiger partial charge in [0.25, 0.3) is 0 Å². The van der Waals surface area contributed by atoms with Crippen LogP contribution in [0.4, 0.5) is 10.1 Å². The van der Waals surface area contributed by atoms with Crippen LogP contribution in [0.3, 0.4) is 0 Å². The first kappa shape index (κ1) is 14.7. The molecule has 1 aliphatic carbocycles. The van der Waals surface area contributed by atoms with Crippen LogP contribution in [0.2, 0.25) is 0 Å². The molecular weight excluding hydrogens is 327 g/mol. The molecule has 0 aliphatic heterocycles. The van der Waals surface area contributed by atoms with E-state index in [0.29, 0.717) is 21.1 Å². The van der Waals surface area contributed by atoms with Gasteiger partial charge in [-0.15, -0.1) is 0 Å². The fraction of sp³-hybridized carbons (Fsp3) is 0.500. The summed E-state index contributed by atoms with van der Waals surface area (Å²) in [6.07, 6.45) is 4.87. The molecule has 0 heterocycles. The zero-order valence-electron chi connectivity index (χ0n) is 10.9. The fourth-order valence-electron chi connectivity index (χ4n) is 2.49. The lowest BCUT2D eigenvalue weighted by molar-refractivity contribution is 0.145. The minimum Gasteiger partial charge on any atom is -0.389 e. The van der Waals surface area contributed by atoms with Crippen LogP contribution in [0.5, 0.6) is 0 Å². The highest BCUT2D eigenvalue weighted by Gasteiger charge is 2.34. The van der Waals surface area contributed by atoms with Gasteiger partial charge < -0.3 is 11.1 Å². The van der Waals surface area contributed by atoms with Gasteiger partial charge in [0.2, 0.25) is 0 Å². The number of nitrogens with one attached hydrogen (secondary N) is 1. The van der Waals surface area contributed by atoms with E-state index in [4.69, 9.17) is 18.0 Å². The van der Waals surface area contributed by atoms with Crippen molar-refractivity contribution in [1.29, 1.82) is 0 Å². The van der Waals surface area contributed by atoms with Gasteiger partial charge in [0.05, 0.1) is 10.2 Å². The lowest BCUT2D eigenvalue weighted by atomic mass is 9.67. The van der Waals surface area contributed by atoms with Gasteiger partial charge in [-0.25, -0.2) is 4.39 Å². The van der Waals surface area contributed by atoms with Crippen molar-refractivity contribution in [3.63, 3.8) is 0 Å². The number of hydrogen-bond acceptors (Lipinski definition) is 2. The summed E-state index contributed by atoms with van der Waals surface area (Å²) in [6, 6.07) is 3.45. The summed E-state index contributed by atoms with van der Waals surface area (Å²) in [4.78, 5) is 0.196. The second kappa shape index (κ2) is 5.75. The first-order valence-electron chi connectivity index (χ1n) is 6.51. The molecule has 0 bridgehead atoms. The minimum atomic E-state index is -0.323. The molecule has 0 spiro atoms. The Morgan fingerprint density at radius 3 is 2.68 bits per heavy atom. The van der Waals surface area contributed by atoms with Crippen molar-refractivity contribution in [2.45, 2.75) is 32.6 Å². The Balaban J connectivity index is 2.13. The van der Waals surface area contributed by atoms with Crippen LogP contribution in [0, 0.1) is 11.2 Å². The van der Waals surface area contributed by atoms with Crippen molar-refractivity contribution in [2.24, 2.45) is 11.1 Å². The topological polar surface area (TPSA) is 38.0 Å². The molecule has 1 fully saturated rings. The number of thiocarbonyl (C=S) groups is 1. The summed E-state index contributed by atoms with van der Waals surface area (Å²) in [5, 5.41) is 3.22. The monoisotopic (exact) mass is 344 g/mol. The van der Waals surface area contributed by atoms with Gasteiger partial charge in [-0.2, -0.15) is 0 Å². The van der Waals surface area contributed by atoms with E-state index in [2.05, 4.69) is 28.2 Å². The van der Waals surface area contributed by atoms with Crippen molar-refractivity contribution in [3.8, 4) is 0 Å². The summed E-state index contributed by atoms with van der Waals surface area (Å²) < 4.78 is 14.5.